The van der Waals surface area contributed by atoms with E-state index in [9.17, 15) is 9.18 Å². The molecule has 7 heteroatoms. The zero-order valence-electron chi connectivity index (χ0n) is 14.7. The monoisotopic (exact) mass is 438 g/mol. The number of carbonyl (C=O) groups is 1. The Morgan fingerprint density at radius 2 is 1.92 bits per heavy atom. The van der Waals surface area contributed by atoms with Gasteiger partial charge in [0.15, 0.2) is 11.7 Å². The number of thiocarbonyl (C=S) groups is 1. The van der Waals surface area contributed by atoms with Gasteiger partial charge in [0, 0.05) is 10.2 Å². The minimum absolute atomic E-state index is 0.126. The molecule has 0 aliphatic carbocycles. The Morgan fingerprint density at radius 1 is 1.27 bits per heavy atom. The molecule has 0 radical (unpaired) electrons. The number of benzene rings is 2. The van der Waals surface area contributed by atoms with Crippen molar-refractivity contribution in [3.8, 4) is 5.75 Å². The van der Waals surface area contributed by atoms with E-state index in [1.54, 1.807) is 0 Å². The lowest BCUT2D eigenvalue weighted by Crippen LogP contribution is -2.37. The Hall–Kier alpha value is -1.99. The lowest BCUT2D eigenvalue weighted by molar-refractivity contribution is -0.121. The van der Waals surface area contributed by atoms with Crippen LogP contribution < -0.4 is 15.4 Å². The minimum Gasteiger partial charge on any atom is -0.483 e. The molecule has 0 atom stereocenters. The van der Waals surface area contributed by atoms with Crippen molar-refractivity contribution < 1.29 is 13.9 Å². The Balaban J connectivity index is 1.93. The van der Waals surface area contributed by atoms with Crippen molar-refractivity contribution in [3.05, 3.63) is 57.8 Å². The highest BCUT2D eigenvalue weighted by molar-refractivity contribution is 9.10. The summed E-state index contributed by atoms with van der Waals surface area (Å²) < 4.78 is 19.6. The predicted molar refractivity (Wildman–Crippen MR) is 109 cm³/mol. The molecule has 0 saturated heterocycles. The van der Waals surface area contributed by atoms with Crippen molar-refractivity contribution in [2.75, 3.05) is 11.9 Å². The highest BCUT2D eigenvalue weighted by Gasteiger charge is 2.13. The Morgan fingerprint density at radius 3 is 2.54 bits per heavy atom. The largest absolute Gasteiger partial charge is 0.483 e. The van der Waals surface area contributed by atoms with Gasteiger partial charge in [-0.2, -0.15) is 0 Å². The second-order valence-corrected chi connectivity index (χ2v) is 7.35. The number of carbonyl (C=O) groups excluding carboxylic acids is 1. The van der Waals surface area contributed by atoms with Gasteiger partial charge in [0.2, 0.25) is 0 Å². The number of aryl methyl sites for hydroxylation is 1. The summed E-state index contributed by atoms with van der Waals surface area (Å²) in [4.78, 5) is 12.1. The average Bonchev–Trinajstić information content (AvgIpc) is 2.57. The van der Waals surface area contributed by atoms with E-state index in [0.717, 1.165) is 15.6 Å². The molecule has 1 amide bonds. The van der Waals surface area contributed by atoms with E-state index in [1.165, 1.54) is 24.3 Å². The fraction of sp³-hybridized carbons (Fsp3) is 0.263. The van der Waals surface area contributed by atoms with Crippen molar-refractivity contribution in [2.24, 2.45) is 0 Å². The molecule has 0 saturated carbocycles. The molecule has 0 spiro atoms. The molecule has 2 rings (SSSR count). The van der Waals surface area contributed by atoms with Crippen LogP contribution in [0.25, 0.3) is 0 Å². The van der Waals surface area contributed by atoms with Gasteiger partial charge in [-0.1, -0.05) is 29.8 Å². The molecule has 26 heavy (non-hydrogen) atoms. The molecule has 2 aromatic carbocycles. The third-order valence-corrected chi connectivity index (χ3v) is 4.69. The number of ether oxygens (including phenoxy) is 1. The maximum Gasteiger partial charge on any atom is 0.264 e. The molecule has 0 bridgehead atoms. The number of amides is 1. The zero-order chi connectivity index (χ0) is 19.3. The van der Waals surface area contributed by atoms with E-state index in [0.29, 0.717) is 11.4 Å². The van der Waals surface area contributed by atoms with Crippen LogP contribution in [-0.4, -0.2) is 17.6 Å². The summed E-state index contributed by atoms with van der Waals surface area (Å²) >= 11 is 8.60. The topological polar surface area (TPSA) is 50.4 Å². The zero-order valence-corrected chi connectivity index (χ0v) is 17.1. The highest BCUT2D eigenvalue weighted by Crippen LogP contribution is 2.32. The van der Waals surface area contributed by atoms with E-state index in [2.05, 4.69) is 40.4 Å². The van der Waals surface area contributed by atoms with Crippen LogP contribution in [0.2, 0.25) is 0 Å². The molecule has 0 aliphatic rings. The third kappa shape index (κ3) is 5.78. The second-order valence-electron chi connectivity index (χ2n) is 6.09. The van der Waals surface area contributed by atoms with E-state index in [-0.39, 0.29) is 29.4 Å². The van der Waals surface area contributed by atoms with Gasteiger partial charge in [-0.25, -0.2) is 4.39 Å². The van der Waals surface area contributed by atoms with Gasteiger partial charge >= 0.3 is 0 Å². The van der Waals surface area contributed by atoms with Gasteiger partial charge in [0.05, 0.1) is 0 Å². The van der Waals surface area contributed by atoms with Gasteiger partial charge in [-0.05, 0) is 72.6 Å². The van der Waals surface area contributed by atoms with Crippen LogP contribution in [-0.2, 0) is 4.79 Å². The molecule has 0 aromatic heterocycles. The van der Waals surface area contributed by atoms with Crippen LogP contribution in [0.5, 0.6) is 5.75 Å². The number of hydrogen-bond acceptors (Lipinski definition) is 3. The Kier molecular flexibility index (Phi) is 7.11. The molecule has 4 nitrogen and oxygen atoms in total. The first-order valence-electron chi connectivity index (χ1n) is 8.05. The van der Waals surface area contributed by atoms with E-state index in [4.69, 9.17) is 17.0 Å². The molecule has 0 heterocycles. The smallest absolute Gasteiger partial charge is 0.264 e. The number of anilines is 1. The second kappa shape index (κ2) is 9.09. The molecular weight excluding hydrogens is 419 g/mol. The van der Waals surface area contributed by atoms with Crippen molar-refractivity contribution in [3.63, 3.8) is 0 Å². The summed E-state index contributed by atoms with van der Waals surface area (Å²) in [6, 6.07) is 9.59. The first-order chi connectivity index (χ1) is 12.3. The number of halogens is 2. The fourth-order valence-corrected chi connectivity index (χ4v) is 2.84. The first-order valence-corrected chi connectivity index (χ1v) is 9.25. The van der Waals surface area contributed by atoms with Crippen molar-refractivity contribution in [2.45, 2.75) is 26.7 Å². The van der Waals surface area contributed by atoms with Gasteiger partial charge < -0.3 is 10.1 Å². The minimum atomic E-state index is -0.375. The summed E-state index contributed by atoms with van der Waals surface area (Å²) in [5, 5.41) is 5.48. The maximum atomic E-state index is 12.9. The van der Waals surface area contributed by atoms with Gasteiger partial charge in [0.25, 0.3) is 5.91 Å². The van der Waals surface area contributed by atoms with Crippen molar-refractivity contribution in [1.29, 1.82) is 0 Å². The Bertz CT molecular complexity index is 810. The molecule has 138 valence electrons. The standard InChI is InChI=1S/C19H20BrFN2O2S/c1-11(2)15-9-16(20)12(3)8-17(15)25-10-18(24)23-19(26)22-14-6-4-13(21)5-7-14/h4-9,11H,10H2,1-3H3,(H2,22,23,24,26). The van der Waals surface area contributed by atoms with Crippen LogP contribution >= 0.6 is 28.1 Å². The SMILES string of the molecule is Cc1cc(OCC(=O)NC(=S)Nc2ccc(F)cc2)c(C(C)C)cc1Br. The quantitative estimate of drug-likeness (QED) is 0.650. The fourth-order valence-electron chi connectivity index (χ4n) is 2.25. The normalized spacial score (nSPS) is 10.5. The summed E-state index contributed by atoms with van der Waals surface area (Å²) in [5.74, 6) is 0.212. The van der Waals surface area contributed by atoms with Crippen LogP contribution in [0.3, 0.4) is 0 Å². The third-order valence-electron chi connectivity index (χ3n) is 3.63. The first kappa shape index (κ1) is 20.3. The summed E-state index contributed by atoms with van der Waals surface area (Å²) in [6.07, 6.45) is 0. The molecule has 2 N–H and O–H groups in total. The van der Waals surface area contributed by atoms with Gasteiger partial charge in [0.1, 0.15) is 11.6 Å². The average molecular weight is 439 g/mol. The summed E-state index contributed by atoms with van der Waals surface area (Å²) in [7, 11) is 0. The van der Waals surface area contributed by atoms with Crippen LogP contribution in [0.4, 0.5) is 10.1 Å². The molecular formula is C19H20BrFN2O2S. The summed E-state index contributed by atoms with van der Waals surface area (Å²) in [6.45, 7) is 5.92. The molecule has 0 aliphatic heterocycles. The van der Waals surface area contributed by atoms with E-state index >= 15 is 0 Å². The van der Waals surface area contributed by atoms with E-state index < -0.39 is 0 Å². The van der Waals surface area contributed by atoms with Crippen molar-refractivity contribution >= 4 is 44.9 Å². The summed E-state index contributed by atoms with van der Waals surface area (Å²) in [5.41, 5.74) is 2.63. The lowest BCUT2D eigenvalue weighted by atomic mass is 10.0. The molecule has 2 aromatic rings. The van der Waals surface area contributed by atoms with Gasteiger partial charge in [-0.3, -0.25) is 10.1 Å². The number of rotatable bonds is 5. The molecule has 0 fully saturated rings. The van der Waals surface area contributed by atoms with Crippen LogP contribution in [0.1, 0.15) is 30.9 Å². The van der Waals surface area contributed by atoms with Crippen molar-refractivity contribution in [1.82, 2.24) is 5.32 Å². The number of hydrogen-bond donors (Lipinski definition) is 2. The lowest BCUT2D eigenvalue weighted by Gasteiger charge is -2.16. The maximum absolute atomic E-state index is 12.9. The van der Waals surface area contributed by atoms with Crippen LogP contribution in [0.15, 0.2) is 40.9 Å². The number of nitrogens with one attached hydrogen (secondary N) is 2. The Labute approximate surface area is 166 Å². The molecule has 0 unspecified atom stereocenters. The van der Waals surface area contributed by atoms with E-state index in [1.807, 2.05) is 19.1 Å². The van der Waals surface area contributed by atoms with Gasteiger partial charge in [-0.15, -0.1) is 0 Å². The predicted octanol–water partition coefficient (Wildman–Crippen LogP) is 4.91. The van der Waals surface area contributed by atoms with Crippen LogP contribution in [0, 0.1) is 12.7 Å². The highest BCUT2D eigenvalue weighted by atomic mass is 79.9.